The lowest BCUT2D eigenvalue weighted by Crippen LogP contribution is -2.49. The number of aromatic nitrogens is 2. The summed E-state index contributed by atoms with van der Waals surface area (Å²) in [4.78, 5) is 49.3. The Morgan fingerprint density at radius 1 is 1.23 bits per heavy atom. The van der Waals surface area contributed by atoms with Crippen molar-refractivity contribution >= 4 is 57.8 Å². The van der Waals surface area contributed by atoms with Gasteiger partial charge in [0.25, 0.3) is 11.5 Å². The average molecular weight is 516 g/mol. The van der Waals surface area contributed by atoms with Gasteiger partial charge in [-0.25, -0.2) is 9.78 Å². The van der Waals surface area contributed by atoms with Crippen LogP contribution in [0.5, 0.6) is 0 Å². The van der Waals surface area contributed by atoms with E-state index >= 15 is 0 Å². The van der Waals surface area contributed by atoms with E-state index in [4.69, 9.17) is 21.9 Å². The molecule has 2 amide bonds. The van der Waals surface area contributed by atoms with Crippen molar-refractivity contribution in [3.63, 3.8) is 0 Å². The van der Waals surface area contributed by atoms with Gasteiger partial charge >= 0.3 is 6.09 Å². The Morgan fingerprint density at radius 3 is 2.60 bits per heavy atom. The van der Waals surface area contributed by atoms with Gasteiger partial charge in [0.15, 0.2) is 0 Å². The number of fused-ring (bicyclic) bond motifs is 1. The van der Waals surface area contributed by atoms with Gasteiger partial charge in [0.2, 0.25) is 0 Å². The molecule has 2 fully saturated rings. The first-order valence-electron chi connectivity index (χ1n) is 11.6. The molecule has 2 aromatic heterocycles. The summed E-state index contributed by atoms with van der Waals surface area (Å²) in [6.45, 7) is 10.5. The highest BCUT2D eigenvalue weighted by molar-refractivity contribution is 8.26. The van der Waals surface area contributed by atoms with Crippen LogP contribution in [0.15, 0.2) is 28.0 Å². The molecular formula is C24H29N5O4S2. The van der Waals surface area contributed by atoms with Crippen LogP contribution in [0.3, 0.4) is 0 Å². The molecule has 0 bridgehead atoms. The topological polar surface area (TPSA) is 87.5 Å². The molecule has 186 valence electrons. The lowest BCUT2D eigenvalue weighted by Gasteiger charge is -2.35. The number of aryl methyl sites for hydroxylation is 1. The van der Waals surface area contributed by atoms with Crippen LogP contribution in [-0.2, 0) is 9.53 Å². The van der Waals surface area contributed by atoms with Crippen LogP contribution in [-0.4, -0.2) is 74.8 Å². The minimum Gasteiger partial charge on any atom is -0.450 e. The SMILES string of the molecule is CCOC(=O)N1CCN(c2nc3ccc(C)cn3c(=O)c2/C=C2/SC(=S)N(CC(C)C)C2=O)CC1. The number of thiocarbonyl (C=S) groups is 1. The number of anilines is 1. The van der Waals surface area contributed by atoms with E-state index in [9.17, 15) is 14.4 Å². The fourth-order valence-electron chi connectivity index (χ4n) is 4.08. The number of thioether (sulfide) groups is 1. The number of amides is 2. The maximum Gasteiger partial charge on any atom is 0.409 e. The van der Waals surface area contributed by atoms with Gasteiger partial charge in [0, 0.05) is 38.9 Å². The Bertz CT molecular complexity index is 1260. The molecule has 2 saturated heterocycles. The number of carbonyl (C=O) groups is 2. The van der Waals surface area contributed by atoms with Crippen LogP contribution in [0.1, 0.15) is 31.9 Å². The molecule has 0 aliphatic carbocycles. The smallest absolute Gasteiger partial charge is 0.409 e. The van der Waals surface area contributed by atoms with Gasteiger partial charge in [-0.2, -0.15) is 0 Å². The van der Waals surface area contributed by atoms with E-state index in [0.717, 1.165) is 5.56 Å². The third-order valence-corrected chi connectivity index (χ3v) is 7.17. The van der Waals surface area contributed by atoms with Crippen molar-refractivity contribution in [2.45, 2.75) is 27.7 Å². The van der Waals surface area contributed by atoms with Crippen molar-refractivity contribution < 1.29 is 14.3 Å². The van der Waals surface area contributed by atoms with Crippen LogP contribution < -0.4 is 10.5 Å². The molecule has 0 radical (unpaired) electrons. The van der Waals surface area contributed by atoms with Gasteiger partial charge in [0.1, 0.15) is 15.8 Å². The van der Waals surface area contributed by atoms with E-state index < -0.39 is 0 Å². The summed E-state index contributed by atoms with van der Waals surface area (Å²) in [5.74, 6) is 0.566. The maximum absolute atomic E-state index is 13.6. The Hall–Kier alpha value is -2.92. The van der Waals surface area contributed by atoms with E-state index in [1.54, 1.807) is 35.1 Å². The molecule has 35 heavy (non-hydrogen) atoms. The number of ether oxygens (including phenoxy) is 1. The van der Waals surface area contributed by atoms with Crippen molar-refractivity contribution in [2.75, 3.05) is 44.2 Å². The zero-order chi connectivity index (χ0) is 25.3. The fourth-order valence-corrected chi connectivity index (χ4v) is 5.34. The van der Waals surface area contributed by atoms with E-state index in [-0.39, 0.29) is 23.5 Å². The molecular weight excluding hydrogens is 486 g/mol. The van der Waals surface area contributed by atoms with Gasteiger partial charge in [-0.1, -0.05) is 43.9 Å². The van der Waals surface area contributed by atoms with Crippen LogP contribution >= 0.6 is 24.0 Å². The third kappa shape index (κ3) is 5.20. The Labute approximate surface area is 213 Å². The number of pyridine rings is 1. The van der Waals surface area contributed by atoms with Gasteiger partial charge in [0.05, 0.1) is 17.1 Å². The Kier molecular flexibility index (Phi) is 7.46. The second-order valence-corrected chi connectivity index (χ2v) is 10.6. The highest BCUT2D eigenvalue weighted by Crippen LogP contribution is 2.34. The van der Waals surface area contributed by atoms with Crippen molar-refractivity contribution in [1.29, 1.82) is 0 Å². The first kappa shape index (κ1) is 25.2. The number of hydrogen-bond donors (Lipinski definition) is 0. The summed E-state index contributed by atoms with van der Waals surface area (Å²) in [5.41, 5.74) is 1.53. The monoisotopic (exact) mass is 515 g/mol. The van der Waals surface area contributed by atoms with Crippen LogP contribution in [0.4, 0.5) is 10.6 Å². The van der Waals surface area contributed by atoms with Gasteiger partial charge in [-0.15, -0.1) is 0 Å². The zero-order valence-electron chi connectivity index (χ0n) is 20.3. The van der Waals surface area contributed by atoms with Gasteiger partial charge in [-0.3, -0.25) is 18.9 Å². The van der Waals surface area contributed by atoms with Crippen molar-refractivity contribution in [1.82, 2.24) is 19.2 Å². The first-order chi connectivity index (χ1) is 16.7. The highest BCUT2D eigenvalue weighted by Gasteiger charge is 2.33. The predicted molar refractivity (Wildman–Crippen MR) is 142 cm³/mol. The largest absolute Gasteiger partial charge is 0.450 e. The molecule has 0 atom stereocenters. The van der Waals surface area contributed by atoms with Crippen LogP contribution in [0.25, 0.3) is 11.7 Å². The van der Waals surface area contributed by atoms with Crippen LogP contribution in [0, 0.1) is 12.8 Å². The summed E-state index contributed by atoms with van der Waals surface area (Å²) < 4.78 is 7.11. The van der Waals surface area contributed by atoms with Crippen molar-refractivity contribution in [2.24, 2.45) is 5.92 Å². The predicted octanol–water partition coefficient (Wildman–Crippen LogP) is 3.14. The molecule has 0 aromatic carbocycles. The minimum absolute atomic E-state index is 0.194. The average Bonchev–Trinajstić information content (AvgIpc) is 3.08. The summed E-state index contributed by atoms with van der Waals surface area (Å²) in [6.07, 6.45) is 3.02. The first-order valence-corrected chi connectivity index (χ1v) is 12.9. The minimum atomic E-state index is -0.344. The summed E-state index contributed by atoms with van der Waals surface area (Å²) in [5, 5.41) is 0. The molecule has 11 heteroatoms. The molecule has 2 aromatic rings. The highest BCUT2D eigenvalue weighted by atomic mass is 32.2. The number of rotatable bonds is 5. The van der Waals surface area contributed by atoms with Crippen molar-refractivity contribution in [3.05, 3.63) is 44.7 Å². The second kappa shape index (κ2) is 10.4. The van der Waals surface area contributed by atoms with E-state index in [0.29, 0.717) is 65.6 Å². The standard InChI is InChI=1S/C24H29N5O4S2/c1-5-33-23(32)27-10-8-26(9-11-27)20-17(21(30)28-14-16(4)6-7-19(28)25-20)12-18-22(31)29(13-15(2)3)24(34)35-18/h6-7,12,14-15H,5,8-11,13H2,1-4H3/b18-12+. The van der Waals surface area contributed by atoms with Gasteiger partial charge < -0.3 is 14.5 Å². The molecule has 4 rings (SSSR count). The summed E-state index contributed by atoms with van der Waals surface area (Å²) in [6, 6.07) is 3.71. The molecule has 0 unspecified atom stereocenters. The van der Waals surface area contributed by atoms with Crippen molar-refractivity contribution in [3.8, 4) is 0 Å². The molecule has 4 heterocycles. The third-order valence-electron chi connectivity index (χ3n) is 5.79. The molecule has 0 N–H and O–H groups in total. The van der Waals surface area contributed by atoms with E-state index in [1.807, 2.05) is 31.7 Å². The Morgan fingerprint density at radius 2 is 1.94 bits per heavy atom. The molecule has 9 nitrogen and oxygen atoms in total. The molecule has 0 spiro atoms. The lowest BCUT2D eigenvalue weighted by molar-refractivity contribution is -0.122. The Balaban J connectivity index is 1.74. The number of nitrogens with zero attached hydrogens (tertiary/aromatic N) is 5. The fraction of sp³-hybridized carbons (Fsp3) is 0.458. The summed E-state index contributed by atoms with van der Waals surface area (Å²) in [7, 11) is 0. The number of piperazine rings is 1. The number of hydrogen-bond acceptors (Lipinski definition) is 8. The quantitative estimate of drug-likeness (QED) is 0.443. The normalized spacial score (nSPS) is 17.9. The number of carbonyl (C=O) groups excluding carboxylic acids is 2. The molecule has 2 aliphatic rings. The van der Waals surface area contributed by atoms with E-state index in [1.165, 1.54) is 16.2 Å². The van der Waals surface area contributed by atoms with Gasteiger partial charge in [-0.05, 0) is 37.5 Å². The van der Waals surface area contributed by atoms with E-state index in [2.05, 4.69) is 0 Å². The second-order valence-electron chi connectivity index (χ2n) is 8.95. The lowest BCUT2D eigenvalue weighted by atomic mass is 10.2. The molecule has 0 saturated carbocycles. The zero-order valence-corrected chi connectivity index (χ0v) is 21.9. The molecule has 2 aliphatic heterocycles. The maximum atomic E-state index is 13.6. The van der Waals surface area contributed by atoms with Crippen LogP contribution in [0.2, 0.25) is 0 Å². The summed E-state index contributed by atoms with van der Waals surface area (Å²) >= 11 is 6.65.